The lowest BCUT2D eigenvalue weighted by atomic mass is 10.0. The zero-order chi connectivity index (χ0) is 37.5. The van der Waals surface area contributed by atoms with E-state index in [1.165, 1.54) is 89.9 Å². The average molecular weight is 742 g/mol. The van der Waals surface area contributed by atoms with Crippen molar-refractivity contribution >= 4 is 19.8 Å². The molecule has 10 heteroatoms. The fourth-order valence-corrected chi connectivity index (χ4v) is 6.23. The lowest BCUT2D eigenvalue weighted by Crippen LogP contribution is -2.29. The van der Waals surface area contributed by atoms with Gasteiger partial charge in [0.2, 0.25) is 0 Å². The number of allylic oxidation sites excluding steroid dienone is 6. The number of carbonyl (C=O) groups excluding carboxylic acids is 2. The number of phosphoric ester groups is 1. The number of nitrogens with two attached hydrogens (primary N) is 1. The molecule has 0 amide bonds. The summed E-state index contributed by atoms with van der Waals surface area (Å²) in [4.78, 5) is 34.8. The SMILES string of the molecule is CCCCC/C=C/C/C=C/C/C=C/CCCCCCC(=O)O[C@H](COC(=O)CCCCCCCCCCCCCCC)COP(=O)(O)OCCN. The number of rotatable bonds is 38. The zero-order valence-corrected chi connectivity index (χ0v) is 33.5. The first-order valence-electron chi connectivity index (χ1n) is 20.5. The molecule has 0 bridgehead atoms. The van der Waals surface area contributed by atoms with Crippen molar-refractivity contribution < 1.29 is 37.6 Å². The number of carbonyl (C=O) groups is 2. The maximum atomic E-state index is 12.5. The van der Waals surface area contributed by atoms with E-state index in [0.29, 0.717) is 6.42 Å². The van der Waals surface area contributed by atoms with Crippen molar-refractivity contribution in [2.24, 2.45) is 5.73 Å². The molecule has 0 saturated heterocycles. The Hall–Kier alpha value is -1.77. The van der Waals surface area contributed by atoms with Crippen LogP contribution in [0.25, 0.3) is 0 Å². The molecule has 0 radical (unpaired) electrons. The van der Waals surface area contributed by atoms with Crippen LogP contribution in [0.2, 0.25) is 0 Å². The summed E-state index contributed by atoms with van der Waals surface area (Å²) < 4.78 is 32.7. The molecule has 2 atom stereocenters. The highest BCUT2D eigenvalue weighted by Crippen LogP contribution is 2.43. The van der Waals surface area contributed by atoms with E-state index in [4.69, 9.17) is 24.3 Å². The maximum Gasteiger partial charge on any atom is 0.472 e. The summed E-state index contributed by atoms with van der Waals surface area (Å²) in [7, 11) is -4.38. The van der Waals surface area contributed by atoms with Gasteiger partial charge in [-0.3, -0.25) is 18.6 Å². The number of hydrogen-bond acceptors (Lipinski definition) is 8. The third-order valence-electron chi connectivity index (χ3n) is 8.53. The minimum atomic E-state index is -4.38. The Kier molecular flexibility index (Phi) is 36.7. The van der Waals surface area contributed by atoms with Gasteiger partial charge in [-0.25, -0.2) is 4.57 Å². The molecule has 0 aromatic heterocycles. The molecule has 0 heterocycles. The van der Waals surface area contributed by atoms with Gasteiger partial charge in [-0.15, -0.1) is 0 Å². The van der Waals surface area contributed by atoms with E-state index in [-0.39, 0.29) is 38.6 Å². The Morgan fingerprint density at radius 3 is 1.55 bits per heavy atom. The highest BCUT2D eigenvalue weighted by Gasteiger charge is 2.25. The Morgan fingerprint density at radius 1 is 0.588 bits per heavy atom. The molecule has 0 aromatic carbocycles. The van der Waals surface area contributed by atoms with E-state index in [1.54, 1.807) is 0 Å². The molecule has 0 aliphatic carbocycles. The monoisotopic (exact) mass is 742 g/mol. The van der Waals surface area contributed by atoms with E-state index in [2.05, 4.69) is 50.3 Å². The molecular weight excluding hydrogens is 665 g/mol. The number of phosphoric acid groups is 1. The van der Waals surface area contributed by atoms with Gasteiger partial charge in [0.1, 0.15) is 6.61 Å². The first-order chi connectivity index (χ1) is 24.8. The summed E-state index contributed by atoms with van der Waals surface area (Å²) in [6.07, 6.45) is 40.2. The predicted molar refractivity (Wildman–Crippen MR) is 210 cm³/mol. The van der Waals surface area contributed by atoms with Gasteiger partial charge >= 0.3 is 19.8 Å². The van der Waals surface area contributed by atoms with Crippen molar-refractivity contribution in [1.82, 2.24) is 0 Å². The topological polar surface area (TPSA) is 134 Å². The van der Waals surface area contributed by atoms with E-state index >= 15 is 0 Å². The molecule has 0 aliphatic rings. The third kappa shape index (κ3) is 37.8. The third-order valence-corrected chi connectivity index (χ3v) is 9.51. The summed E-state index contributed by atoms with van der Waals surface area (Å²) in [5, 5.41) is 0. The summed E-state index contributed by atoms with van der Waals surface area (Å²) in [6, 6.07) is 0. The number of unbranched alkanes of at least 4 members (excludes halogenated alkanes) is 19. The van der Waals surface area contributed by atoms with Crippen molar-refractivity contribution in [3.05, 3.63) is 36.5 Å². The second-order valence-electron chi connectivity index (χ2n) is 13.5. The number of ether oxygens (including phenoxy) is 2. The van der Waals surface area contributed by atoms with Gasteiger partial charge in [0.25, 0.3) is 0 Å². The van der Waals surface area contributed by atoms with Crippen LogP contribution in [0.15, 0.2) is 36.5 Å². The first-order valence-corrected chi connectivity index (χ1v) is 22.0. The Balaban J connectivity index is 4.23. The second-order valence-corrected chi connectivity index (χ2v) is 15.0. The Morgan fingerprint density at radius 2 is 1.02 bits per heavy atom. The molecule has 1 unspecified atom stereocenters. The van der Waals surface area contributed by atoms with Crippen LogP contribution in [0.4, 0.5) is 0 Å². The number of hydrogen-bond donors (Lipinski definition) is 2. The summed E-state index contributed by atoms with van der Waals surface area (Å²) in [5.41, 5.74) is 5.34. The van der Waals surface area contributed by atoms with Gasteiger partial charge in [-0.1, -0.05) is 153 Å². The van der Waals surface area contributed by atoms with Crippen LogP contribution in [0.3, 0.4) is 0 Å². The quantitative estimate of drug-likeness (QED) is 0.0274. The molecule has 9 nitrogen and oxygen atoms in total. The summed E-state index contributed by atoms with van der Waals surface area (Å²) in [6.45, 7) is 3.67. The second kappa shape index (κ2) is 38.0. The Labute approximate surface area is 312 Å². The van der Waals surface area contributed by atoms with Crippen LogP contribution >= 0.6 is 7.82 Å². The normalized spacial score (nSPS) is 13.7. The smallest absolute Gasteiger partial charge is 0.462 e. The van der Waals surface area contributed by atoms with Crippen LogP contribution in [0.5, 0.6) is 0 Å². The van der Waals surface area contributed by atoms with Gasteiger partial charge in [0, 0.05) is 19.4 Å². The predicted octanol–water partition coefficient (Wildman–Crippen LogP) is 11.4. The molecule has 0 aliphatic heterocycles. The molecule has 0 rings (SSSR count). The van der Waals surface area contributed by atoms with Crippen LogP contribution < -0.4 is 5.73 Å². The van der Waals surface area contributed by atoms with Crippen LogP contribution in [0, 0.1) is 0 Å². The zero-order valence-electron chi connectivity index (χ0n) is 32.6. The van der Waals surface area contributed by atoms with Gasteiger partial charge in [-0.2, -0.15) is 0 Å². The molecule has 298 valence electrons. The molecule has 3 N–H and O–H groups in total. The summed E-state index contributed by atoms with van der Waals surface area (Å²) >= 11 is 0. The minimum Gasteiger partial charge on any atom is -0.462 e. The van der Waals surface area contributed by atoms with Crippen molar-refractivity contribution in [1.29, 1.82) is 0 Å². The van der Waals surface area contributed by atoms with Gasteiger partial charge in [-0.05, 0) is 51.4 Å². The first kappa shape index (κ1) is 49.2. The highest BCUT2D eigenvalue weighted by atomic mass is 31.2. The van der Waals surface area contributed by atoms with Gasteiger partial charge < -0.3 is 20.1 Å². The Bertz CT molecular complexity index is 939. The van der Waals surface area contributed by atoms with E-state index in [9.17, 15) is 19.0 Å². The van der Waals surface area contributed by atoms with E-state index < -0.39 is 26.5 Å². The van der Waals surface area contributed by atoms with Crippen molar-refractivity contribution in [2.75, 3.05) is 26.4 Å². The van der Waals surface area contributed by atoms with Crippen LogP contribution in [-0.4, -0.2) is 49.3 Å². The van der Waals surface area contributed by atoms with Gasteiger partial charge in [0.15, 0.2) is 6.10 Å². The lowest BCUT2D eigenvalue weighted by Gasteiger charge is -2.19. The number of esters is 2. The van der Waals surface area contributed by atoms with Crippen molar-refractivity contribution in [2.45, 2.75) is 187 Å². The summed E-state index contributed by atoms with van der Waals surface area (Å²) in [5.74, 6) is -0.852. The molecule has 0 fully saturated rings. The van der Waals surface area contributed by atoms with E-state index in [0.717, 1.165) is 57.8 Å². The lowest BCUT2D eigenvalue weighted by molar-refractivity contribution is -0.161. The van der Waals surface area contributed by atoms with Crippen molar-refractivity contribution in [3.63, 3.8) is 0 Å². The molecule has 0 spiro atoms. The average Bonchev–Trinajstić information content (AvgIpc) is 3.11. The molecule has 51 heavy (non-hydrogen) atoms. The fourth-order valence-electron chi connectivity index (χ4n) is 5.46. The molecule has 0 saturated carbocycles. The highest BCUT2D eigenvalue weighted by molar-refractivity contribution is 7.47. The van der Waals surface area contributed by atoms with Gasteiger partial charge in [0.05, 0.1) is 13.2 Å². The fraction of sp³-hybridized carbons (Fsp3) is 0.805. The standard InChI is InChI=1S/C41H76NO8P/c1-3-5-7-9-11-13-15-17-18-19-20-22-24-26-28-30-32-34-41(44)50-39(38-49-51(45,46)48-36-35-42)37-47-40(43)33-31-29-27-25-23-21-16-14-12-10-8-6-4-2/h11,13,17-18,20,22,39H,3-10,12,14-16,19,21,23-38,42H2,1-2H3,(H,45,46)/b13-11+,18-17+,22-20+/t39-/m1/s1. The van der Waals surface area contributed by atoms with Crippen LogP contribution in [0.1, 0.15) is 181 Å². The molecular formula is C41H76NO8P. The van der Waals surface area contributed by atoms with Crippen LogP contribution in [-0.2, 0) is 32.7 Å². The maximum absolute atomic E-state index is 12.5. The van der Waals surface area contributed by atoms with E-state index in [1.807, 2.05) is 0 Å². The van der Waals surface area contributed by atoms with Crippen molar-refractivity contribution in [3.8, 4) is 0 Å². The largest absolute Gasteiger partial charge is 0.472 e. The minimum absolute atomic E-state index is 0.0497. The molecule has 0 aromatic rings.